The Kier molecular flexibility index (Phi) is 3.19. The molecule has 0 unspecified atom stereocenters. The van der Waals surface area contributed by atoms with Crippen molar-refractivity contribution in [2.24, 2.45) is 5.73 Å². The van der Waals surface area contributed by atoms with Crippen LogP contribution in [-0.4, -0.2) is 44.0 Å². The van der Waals surface area contributed by atoms with E-state index in [1.807, 2.05) is 0 Å². The SMILES string of the molecule is CN1CCN(c2c(N)cccc2C(N)=O)CC1. The zero-order valence-corrected chi connectivity index (χ0v) is 10.0. The van der Waals surface area contributed by atoms with E-state index < -0.39 is 5.91 Å². The number of carbonyl (C=O) groups excluding carboxylic acids is 1. The number of anilines is 2. The molecule has 1 aromatic carbocycles. The predicted molar refractivity (Wildman–Crippen MR) is 69.1 cm³/mol. The summed E-state index contributed by atoms with van der Waals surface area (Å²) in [4.78, 5) is 15.8. The Morgan fingerprint density at radius 3 is 2.47 bits per heavy atom. The van der Waals surface area contributed by atoms with E-state index in [0.29, 0.717) is 11.3 Å². The number of nitrogens with two attached hydrogens (primary N) is 2. The van der Waals surface area contributed by atoms with Gasteiger partial charge >= 0.3 is 0 Å². The number of rotatable bonds is 2. The van der Waals surface area contributed by atoms with E-state index in [0.717, 1.165) is 31.9 Å². The smallest absolute Gasteiger partial charge is 0.250 e. The summed E-state index contributed by atoms with van der Waals surface area (Å²) in [6, 6.07) is 5.29. The summed E-state index contributed by atoms with van der Waals surface area (Å²) in [5.74, 6) is -0.425. The molecular weight excluding hydrogens is 216 g/mol. The van der Waals surface area contributed by atoms with E-state index >= 15 is 0 Å². The number of primary amides is 1. The number of carbonyl (C=O) groups is 1. The fraction of sp³-hybridized carbons (Fsp3) is 0.417. The van der Waals surface area contributed by atoms with Crippen molar-refractivity contribution in [2.75, 3.05) is 43.9 Å². The molecule has 1 fully saturated rings. The maximum absolute atomic E-state index is 11.4. The Bertz CT molecular complexity index is 425. The monoisotopic (exact) mass is 234 g/mol. The lowest BCUT2D eigenvalue weighted by molar-refractivity contribution is 0.100. The molecule has 0 radical (unpaired) electrons. The molecule has 92 valence electrons. The number of benzene rings is 1. The molecule has 1 aliphatic heterocycles. The second-order valence-corrected chi connectivity index (χ2v) is 4.40. The van der Waals surface area contributed by atoms with Crippen molar-refractivity contribution in [3.05, 3.63) is 23.8 Å². The van der Waals surface area contributed by atoms with Crippen molar-refractivity contribution in [1.29, 1.82) is 0 Å². The maximum atomic E-state index is 11.4. The topological polar surface area (TPSA) is 75.6 Å². The lowest BCUT2D eigenvalue weighted by Crippen LogP contribution is -2.45. The predicted octanol–water partition coefficient (Wildman–Crippen LogP) is 0.119. The van der Waals surface area contributed by atoms with Crippen molar-refractivity contribution in [1.82, 2.24) is 4.90 Å². The van der Waals surface area contributed by atoms with Crippen LogP contribution in [0.3, 0.4) is 0 Å². The van der Waals surface area contributed by atoms with Crippen molar-refractivity contribution in [3.63, 3.8) is 0 Å². The molecule has 1 aromatic rings. The highest BCUT2D eigenvalue weighted by atomic mass is 16.1. The number of nitrogens with zero attached hydrogens (tertiary/aromatic N) is 2. The average Bonchev–Trinajstić information content (AvgIpc) is 2.30. The number of amides is 1. The fourth-order valence-corrected chi connectivity index (χ4v) is 2.14. The number of nitrogen functional groups attached to an aromatic ring is 1. The molecule has 0 spiro atoms. The first-order chi connectivity index (χ1) is 8.09. The molecule has 1 aliphatic rings. The zero-order valence-electron chi connectivity index (χ0n) is 10.0. The van der Waals surface area contributed by atoms with Gasteiger partial charge in [0, 0.05) is 26.2 Å². The van der Waals surface area contributed by atoms with E-state index in [9.17, 15) is 4.79 Å². The first kappa shape index (κ1) is 11.7. The molecule has 1 saturated heterocycles. The van der Waals surface area contributed by atoms with Crippen molar-refractivity contribution in [2.45, 2.75) is 0 Å². The molecule has 5 heteroatoms. The number of hydrogen-bond donors (Lipinski definition) is 2. The van der Waals surface area contributed by atoms with E-state index in [-0.39, 0.29) is 0 Å². The van der Waals surface area contributed by atoms with Crippen LogP contribution in [0.15, 0.2) is 18.2 Å². The van der Waals surface area contributed by atoms with Gasteiger partial charge in [-0.25, -0.2) is 0 Å². The average molecular weight is 234 g/mol. The van der Waals surface area contributed by atoms with Crippen LogP contribution in [0.25, 0.3) is 0 Å². The van der Waals surface area contributed by atoms with Gasteiger partial charge in [-0.15, -0.1) is 0 Å². The van der Waals surface area contributed by atoms with Gasteiger partial charge in [0.15, 0.2) is 0 Å². The van der Waals surface area contributed by atoms with Crippen molar-refractivity contribution >= 4 is 17.3 Å². The molecule has 0 aromatic heterocycles. The molecule has 0 saturated carbocycles. The van der Waals surface area contributed by atoms with E-state index in [4.69, 9.17) is 11.5 Å². The summed E-state index contributed by atoms with van der Waals surface area (Å²) in [5.41, 5.74) is 13.3. The molecule has 0 aliphatic carbocycles. The number of piperazine rings is 1. The molecule has 0 bridgehead atoms. The molecule has 4 N–H and O–H groups in total. The highest BCUT2D eigenvalue weighted by Gasteiger charge is 2.20. The molecule has 1 heterocycles. The Hall–Kier alpha value is -1.75. The zero-order chi connectivity index (χ0) is 12.4. The third-order valence-corrected chi connectivity index (χ3v) is 3.15. The lowest BCUT2D eigenvalue weighted by atomic mass is 10.1. The Morgan fingerprint density at radius 1 is 1.24 bits per heavy atom. The van der Waals surface area contributed by atoms with Gasteiger partial charge in [-0.1, -0.05) is 6.07 Å². The first-order valence-corrected chi connectivity index (χ1v) is 5.71. The first-order valence-electron chi connectivity index (χ1n) is 5.71. The maximum Gasteiger partial charge on any atom is 0.250 e. The summed E-state index contributed by atoms with van der Waals surface area (Å²) < 4.78 is 0. The summed E-state index contributed by atoms with van der Waals surface area (Å²) in [5, 5.41) is 0. The number of para-hydroxylation sites is 1. The van der Waals surface area contributed by atoms with Crippen LogP contribution < -0.4 is 16.4 Å². The largest absolute Gasteiger partial charge is 0.397 e. The summed E-state index contributed by atoms with van der Waals surface area (Å²) in [6.07, 6.45) is 0. The van der Waals surface area contributed by atoms with Gasteiger partial charge in [0.1, 0.15) is 0 Å². The highest BCUT2D eigenvalue weighted by molar-refractivity contribution is 6.01. The Morgan fingerprint density at radius 2 is 1.88 bits per heavy atom. The Balaban J connectivity index is 2.33. The molecule has 0 atom stereocenters. The Labute approximate surface area is 101 Å². The third kappa shape index (κ3) is 2.34. The summed E-state index contributed by atoms with van der Waals surface area (Å²) in [6.45, 7) is 3.66. The van der Waals surface area contributed by atoms with Gasteiger partial charge in [-0.3, -0.25) is 4.79 Å². The molecule has 2 rings (SSSR count). The van der Waals surface area contributed by atoms with E-state index in [2.05, 4.69) is 16.8 Å². The van der Waals surface area contributed by atoms with Crippen molar-refractivity contribution in [3.8, 4) is 0 Å². The van der Waals surface area contributed by atoms with Crippen LogP contribution in [0.1, 0.15) is 10.4 Å². The highest BCUT2D eigenvalue weighted by Crippen LogP contribution is 2.28. The normalized spacial score (nSPS) is 17.1. The number of likely N-dealkylation sites (N-methyl/N-ethyl adjacent to an activating group) is 1. The van der Waals surface area contributed by atoms with Gasteiger partial charge in [0.05, 0.1) is 16.9 Å². The van der Waals surface area contributed by atoms with Crippen LogP contribution >= 0.6 is 0 Å². The number of hydrogen-bond acceptors (Lipinski definition) is 4. The van der Waals surface area contributed by atoms with Crippen LogP contribution in [0.2, 0.25) is 0 Å². The van der Waals surface area contributed by atoms with Gasteiger partial charge < -0.3 is 21.3 Å². The minimum atomic E-state index is -0.425. The lowest BCUT2D eigenvalue weighted by Gasteiger charge is -2.35. The van der Waals surface area contributed by atoms with Crippen LogP contribution in [0.5, 0.6) is 0 Å². The second kappa shape index (κ2) is 4.63. The molecule has 5 nitrogen and oxygen atoms in total. The fourth-order valence-electron chi connectivity index (χ4n) is 2.14. The minimum Gasteiger partial charge on any atom is -0.397 e. The van der Waals surface area contributed by atoms with Gasteiger partial charge in [-0.05, 0) is 19.2 Å². The van der Waals surface area contributed by atoms with Gasteiger partial charge in [0.2, 0.25) is 0 Å². The molecule has 17 heavy (non-hydrogen) atoms. The van der Waals surface area contributed by atoms with E-state index in [1.165, 1.54) is 0 Å². The second-order valence-electron chi connectivity index (χ2n) is 4.40. The summed E-state index contributed by atoms with van der Waals surface area (Å²) >= 11 is 0. The van der Waals surface area contributed by atoms with Crippen LogP contribution in [-0.2, 0) is 0 Å². The van der Waals surface area contributed by atoms with Crippen molar-refractivity contribution < 1.29 is 4.79 Å². The summed E-state index contributed by atoms with van der Waals surface area (Å²) in [7, 11) is 2.08. The van der Waals surface area contributed by atoms with E-state index in [1.54, 1.807) is 18.2 Å². The van der Waals surface area contributed by atoms with Crippen LogP contribution in [0, 0.1) is 0 Å². The standard InChI is InChI=1S/C12H18N4O/c1-15-5-7-16(8-6-15)11-9(12(14)17)3-2-4-10(11)13/h2-4H,5-8,13H2,1H3,(H2,14,17). The minimum absolute atomic E-state index is 0.425. The van der Waals surface area contributed by atoms with Gasteiger partial charge in [-0.2, -0.15) is 0 Å². The van der Waals surface area contributed by atoms with Gasteiger partial charge in [0.25, 0.3) is 5.91 Å². The third-order valence-electron chi connectivity index (χ3n) is 3.15. The van der Waals surface area contributed by atoms with Crippen LogP contribution in [0.4, 0.5) is 11.4 Å². The quantitative estimate of drug-likeness (QED) is 0.713. The molecule has 1 amide bonds. The molecular formula is C12H18N4O.